The Morgan fingerprint density at radius 1 is 1.19 bits per heavy atom. The van der Waals surface area contributed by atoms with Crippen molar-refractivity contribution in [2.75, 3.05) is 0 Å². The summed E-state index contributed by atoms with van der Waals surface area (Å²) in [6.07, 6.45) is 7.72. The Bertz CT molecular complexity index is 1090. The first-order valence-corrected chi connectivity index (χ1v) is 10.5. The maximum atomic E-state index is 10.0. The normalized spacial score (nSPS) is 13.6. The molecule has 0 aliphatic heterocycles. The van der Waals surface area contributed by atoms with Crippen LogP contribution in [0.2, 0.25) is 0 Å². The van der Waals surface area contributed by atoms with Gasteiger partial charge in [0.1, 0.15) is 0 Å². The summed E-state index contributed by atoms with van der Waals surface area (Å²) in [5.74, 6) is 1.10. The average Bonchev–Trinajstić information content (AvgIpc) is 3.05. The number of aryl methyl sites for hydroxylation is 2. The van der Waals surface area contributed by atoms with Gasteiger partial charge < -0.3 is 14.5 Å². The number of fused-ring (bicyclic) bond motifs is 3. The number of benzene rings is 1. The zero-order chi connectivity index (χ0) is 21.9. The van der Waals surface area contributed by atoms with E-state index in [1.165, 1.54) is 55.0 Å². The van der Waals surface area contributed by atoms with Crippen molar-refractivity contribution in [3.63, 3.8) is 0 Å². The fourth-order valence-electron chi connectivity index (χ4n) is 3.74. The number of aliphatic hydroxyl groups excluding tert-OH is 1. The van der Waals surface area contributed by atoms with Gasteiger partial charge in [0.15, 0.2) is 5.78 Å². The number of allylic oxidation sites excluding steroid dienone is 2. The molecule has 1 aliphatic rings. The van der Waals surface area contributed by atoms with Crippen LogP contribution in [-0.4, -0.2) is 15.9 Å². The second-order valence-corrected chi connectivity index (χ2v) is 8.88. The number of carbonyl (C=O) groups is 1. The van der Waals surface area contributed by atoms with Gasteiger partial charge in [0.05, 0.1) is 17.1 Å². The van der Waals surface area contributed by atoms with Crippen LogP contribution in [0.4, 0.5) is 0 Å². The Morgan fingerprint density at radius 3 is 2.52 bits per heavy atom. The second kappa shape index (κ2) is 10.4. The molecule has 0 amide bonds. The van der Waals surface area contributed by atoms with E-state index in [1.807, 2.05) is 12.3 Å². The van der Waals surface area contributed by atoms with Crippen LogP contribution in [0.1, 0.15) is 64.3 Å². The average molecular weight is 597 g/mol. The molecule has 0 saturated carbocycles. The molecule has 5 heteroatoms. The van der Waals surface area contributed by atoms with Crippen molar-refractivity contribution in [3.05, 3.63) is 65.3 Å². The second-order valence-electron chi connectivity index (χ2n) is 8.88. The summed E-state index contributed by atoms with van der Waals surface area (Å²) in [4.78, 5) is 14.6. The van der Waals surface area contributed by atoms with E-state index >= 15 is 0 Å². The number of aromatic nitrogens is 1. The van der Waals surface area contributed by atoms with Gasteiger partial charge in [-0.05, 0) is 61.4 Å². The van der Waals surface area contributed by atoms with Crippen LogP contribution in [0.25, 0.3) is 22.2 Å². The van der Waals surface area contributed by atoms with E-state index in [-0.39, 0.29) is 37.1 Å². The summed E-state index contributed by atoms with van der Waals surface area (Å²) in [6.45, 7) is 9.52. The Hall–Kier alpha value is -2.23. The molecule has 1 N–H and O–H groups in total. The summed E-state index contributed by atoms with van der Waals surface area (Å²) >= 11 is 0. The maximum absolute atomic E-state index is 10.0. The van der Waals surface area contributed by atoms with Crippen LogP contribution < -0.4 is 0 Å². The summed E-state index contributed by atoms with van der Waals surface area (Å²) < 4.78 is 6.23. The predicted octanol–water partition coefficient (Wildman–Crippen LogP) is 6.51. The van der Waals surface area contributed by atoms with E-state index in [9.17, 15) is 4.79 Å². The van der Waals surface area contributed by atoms with Gasteiger partial charge in [-0.1, -0.05) is 37.8 Å². The molecule has 0 unspecified atom stereocenters. The summed E-state index contributed by atoms with van der Waals surface area (Å²) in [6, 6.07) is 11.8. The molecule has 0 atom stereocenters. The molecule has 31 heavy (non-hydrogen) atoms. The molecule has 4 rings (SSSR count). The van der Waals surface area contributed by atoms with Crippen LogP contribution in [0.3, 0.4) is 0 Å². The smallest absolute Gasteiger partial charge is 0.155 e. The van der Waals surface area contributed by atoms with Gasteiger partial charge in [-0.15, -0.1) is 18.2 Å². The SMILES string of the molecule is CC(=O)/C=C(/C)O.CC(C)(C)c1ccnc(-c2[c-]ccc3c4c(oc23)CCCC4)c1.[Ir]. The molecule has 4 nitrogen and oxygen atoms in total. The summed E-state index contributed by atoms with van der Waals surface area (Å²) in [5.41, 5.74) is 5.68. The first-order valence-electron chi connectivity index (χ1n) is 10.5. The molecule has 1 aliphatic carbocycles. The monoisotopic (exact) mass is 597 g/mol. The first-order chi connectivity index (χ1) is 14.2. The van der Waals surface area contributed by atoms with Gasteiger partial charge >= 0.3 is 0 Å². The summed E-state index contributed by atoms with van der Waals surface area (Å²) in [7, 11) is 0. The van der Waals surface area contributed by atoms with Crippen LogP contribution in [0.15, 0.2) is 46.7 Å². The van der Waals surface area contributed by atoms with E-state index in [0.717, 1.165) is 29.7 Å². The van der Waals surface area contributed by atoms with Gasteiger partial charge in [-0.3, -0.25) is 4.79 Å². The maximum Gasteiger partial charge on any atom is 0.155 e. The number of furan rings is 1. The third kappa shape index (κ3) is 6.15. The third-order valence-corrected chi connectivity index (χ3v) is 5.21. The molecular formula is C26H30IrNO3-. The summed E-state index contributed by atoms with van der Waals surface area (Å²) in [5, 5.41) is 9.61. The standard InChI is InChI=1S/C21H22NO.C5H8O2.Ir/c1-21(2,3)14-11-12-22-18(13-14)17-9-6-8-16-15-7-4-5-10-19(15)23-20(16)17;1-4(6)3-5(2)7;/h6,8,11-13H,4-5,7,10H2,1-3H3;3,6H,1-2H3;/q-1;;/b;4-3-;. The van der Waals surface area contributed by atoms with Crippen molar-refractivity contribution < 1.29 is 34.4 Å². The predicted molar refractivity (Wildman–Crippen MR) is 121 cm³/mol. The van der Waals surface area contributed by atoms with Gasteiger partial charge in [0, 0.05) is 38.8 Å². The molecule has 0 spiro atoms. The molecule has 0 bridgehead atoms. The van der Waals surface area contributed by atoms with E-state index in [4.69, 9.17) is 9.52 Å². The van der Waals surface area contributed by atoms with Crippen molar-refractivity contribution in [2.24, 2.45) is 0 Å². The molecule has 2 heterocycles. The van der Waals surface area contributed by atoms with E-state index in [0.29, 0.717) is 0 Å². The fraction of sp³-hybridized carbons (Fsp3) is 0.385. The molecule has 1 aromatic carbocycles. The number of ketones is 1. The molecule has 0 fully saturated rings. The Morgan fingerprint density at radius 2 is 1.90 bits per heavy atom. The Kier molecular flexibility index (Phi) is 8.39. The quantitative estimate of drug-likeness (QED) is 0.208. The Balaban J connectivity index is 0.000000373. The van der Waals surface area contributed by atoms with Crippen LogP contribution in [0.5, 0.6) is 0 Å². The van der Waals surface area contributed by atoms with Gasteiger partial charge in [-0.2, -0.15) is 0 Å². The molecular weight excluding hydrogens is 567 g/mol. The third-order valence-electron chi connectivity index (χ3n) is 5.21. The molecule has 167 valence electrons. The van der Waals surface area contributed by atoms with Gasteiger partial charge in [0.2, 0.25) is 0 Å². The number of hydrogen-bond donors (Lipinski definition) is 1. The number of carbonyl (C=O) groups excluding carboxylic acids is 1. The minimum absolute atomic E-state index is 0. The fourth-order valence-corrected chi connectivity index (χ4v) is 3.74. The number of aliphatic hydroxyl groups is 1. The zero-order valence-corrected chi connectivity index (χ0v) is 21.2. The van der Waals surface area contributed by atoms with Crippen LogP contribution in [0, 0.1) is 6.07 Å². The van der Waals surface area contributed by atoms with Crippen molar-refractivity contribution in [3.8, 4) is 11.3 Å². The number of hydrogen-bond acceptors (Lipinski definition) is 4. The van der Waals surface area contributed by atoms with Crippen molar-refractivity contribution in [1.82, 2.24) is 4.98 Å². The van der Waals surface area contributed by atoms with E-state index in [1.54, 1.807) is 0 Å². The molecule has 3 aromatic rings. The topological polar surface area (TPSA) is 63.3 Å². The van der Waals surface area contributed by atoms with Crippen LogP contribution in [-0.2, 0) is 43.2 Å². The minimum Gasteiger partial charge on any atom is -0.512 e. The Labute approximate surface area is 198 Å². The van der Waals surface area contributed by atoms with E-state index < -0.39 is 0 Å². The minimum atomic E-state index is -0.125. The van der Waals surface area contributed by atoms with Gasteiger partial charge in [0.25, 0.3) is 0 Å². The van der Waals surface area contributed by atoms with E-state index in [2.05, 4.69) is 50.0 Å². The van der Waals surface area contributed by atoms with Crippen molar-refractivity contribution in [2.45, 2.75) is 65.7 Å². The van der Waals surface area contributed by atoms with Gasteiger partial charge in [-0.25, -0.2) is 0 Å². The number of nitrogens with zero attached hydrogens (tertiary/aromatic N) is 1. The number of rotatable bonds is 2. The van der Waals surface area contributed by atoms with Crippen molar-refractivity contribution >= 4 is 16.8 Å². The molecule has 2 aromatic heterocycles. The van der Waals surface area contributed by atoms with Crippen LogP contribution >= 0.6 is 0 Å². The first kappa shape index (κ1) is 25.0. The van der Waals surface area contributed by atoms with Crippen molar-refractivity contribution in [1.29, 1.82) is 0 Å². The zero-order valence-electron chi connectivity index (χ0n) is 18.8. The molecule has 0 saturated heterocycles. The largest absolute Gasteiger partial charge is 0.512 e. The number of pyridine rings is 1. The molecule has 1 radical (unpaired) electrons.